The number of carbonyl (C=O) groups excluding carboxylic acids is 2. The summed E-state index contributed by atoms with van der Waals surface area (Å²) < 4.78 is 0. The first-order chi connectivity index (χ1) is 15.4. The SMILES string of the molecule is Cc1c(Cl)cccc1N1C(=O)C2ON(c3ccccc3)C(c3ccc(Cl)cc3Cl)C2C1=O. The highest BCUT2D eigenvalue weighted by molar-refractivity contribution is 6.35. The van der Waals surface area contributed by atoms with E-state index in [4.69, 9.17) is 39.6 Å². The van der Waals surface area contributed by atoms with E-state index in [0.717, 1.165) is 0 Å². The highest BCUT2D eigenvalue weighted by Crippen LogP contribution is 2.49. The molecule has 2 fully saturated rings. The summed E-state index contributed by atoms with van der Waals surface area (Å²) in [4.78, 5) is 34.4. The number of rotatable bonds is 3. The molecule has 0 aliphatic carbocycles. The minimum atomic E-state index is -0.988. The van der Waals surface area contributed by atoms with E-state index in [2.05, 4.69) is 0 Å². The molecule has 0 N–H and O–H groups in total. The van der Waals surface area contributed by atoms with Crippen LogP contribution in [-0.2, 0) is 14.4 Å². The lowest BCUT2D eigenvalue weighted by molar-refractivity contribution is -0.126. The van der Waals surface area contributed by atoms with Crippen LogP contribution in [-0.4, -0.2) is 17.9 Å². The molecule has 2 aliphatic rings. The largest absolute Gasteiger partial charge is 0.273 e. The maximum atomic E-state index is 13.7. The summed E-state index contributed by atoms with van der Waals surface area (Å²) in [5.41, 5.74) is 2.47. The third-order valence-electron chi connectivity index (χ3n) is 5.89. The van der Waals surface area contributed by atoms with Gasteiger partial charge in [-0.3, -0.25) is 14.4 Å². The molecule has 0 spiro atoms. The lowest BCUT2D eigenvalue weighted by Crippen LogP contribution is -2.37. The van der Waals surface area contributed by atoms with Crippen LogP contribution in [0.3, 0.4) is 0 Å². The van der Waals surface area contributed by atoms with Crippen molar-refractivity contribution in [1.29, 1.82) is 0 Å². The molecule has 5 nitrogen and oxygen atoms in total. The Morgan fingerprint density at radius 2 is 1.59 bits per heavy atom. The maximum absolute atomic E-state index is 13.7. The van der Waals surface area contributed by atoms with Gasteiger partial charge in [0.05, 0.1) is 17.4 Å². The van der Waals surface area contributed by atoms with Gasteiger partial charge in [-0.15, -0.1) is 0 Å². The van der Waals surface area contributed by atoms with Gasteiger partial charge in [-0.05, 0) is 54.4 Å². The molecule has 5 rings (SSSR count). The highest BCUT2D eigenvalue weighted by Gasteiger charge is 2.60. The second kappa shape index (κ2) is 8.09. The summed E-state index contributed by atoms with van der Waals surface area (Å²) in [5.74, 6) is -1.58. The smallest absolute Gasteiger partial charge is 0.266 e. The van der Waals surface area contributed by atoms with E-state index in [9.17, 15) is 9.59 Å². The van der Waals surface area contributed by atoms with Crippen LogP contribution >= 0.6 is 34.8 Å². The summed E-state index contributed by atoms with van der Waals surface area (Å²) >= 11 is 18.9. The molecule has 0 radical (unpaired) electrons. The van der Waals surface area contributed by atoms with E-state index in [1.807, 2.05) is 30.3 Å². The number of fused-ring (bicyclic) bond motifs is 1. The Bertz CT molecular complexity index is 1230. The van der Waals surface area contributed by atoms with Crippen LogP contribution in [0.2, 0.25) is 15.1 Å². The number of para-hydroxylation sites is 1. The third-order valence-corrected chi connectivity index (χ3v) is 6.86. The van der Waals surface area contributed by atoms with E-state index in [0.29, 0.717) is 37.6 Å². The average Bonchev–Trinajstić information content (AvgIpc) is 3.27. The molecule has 2 amide bonds. The fourth-order valence-electron chi connectivity index (χ4n) is 4.35. The van der Waals surface area contributed by atoms with Gasteiger partial charge in [0, 0.05) is 15.1 Å². The summed E-state index contributed by atoms with van der Waals surface area (Å²) in [5, 5.41) is 2.95. The first-order valence-electron chi connectivity index (χ1n) is 9.97. The summed E-state index contributed by atoms with van der Waals surface area (Å²) in [6, 6.07) is 18.9. The van der Waals surface area contributed by atoms with Crippen molar-refractivity contribution in [1.82, 2.24) is 0 Å². The van der Waals surface area contributed by atoms with E-state index < -0.39 is 24.0 Å². The van der Waals surface area contributed by atoms with Crippen molar-refractivity contribution < 1.29 is 14.4 Å². The quantitative estimate of drug-likeness (QED) is 0.425. The molecule has 3 unspecified atom stereocenters. The molecular weight excluding hydrogens is 471 g/mol. The van der Waals surface area contributed by atoms with Gasteiger partial charge in [-0.25, -0.2) is 9.96 Å². The van der Waals surface area contributed by atoms with E-state index in [1.165, 1.54) is 4.90 Å². The number of hydrogen-bond acceptors (Lipinski definition) is 4. The van der Waals surface area contributed by atoms with E-state index in [-0.39, 0.29) is 5.91 Å². The summed E-state index contributed by atoms with van der Waals surface area (Å²) in [7, 11) is 0. The number of amides is 2. The standard InChI is InChI=1S/C24H17Cl3N2O3/c1-13-17(26)8-5-9-19(13)28-23(30)20-21(16-11-10-14(25)12-18(16)27)29(32-22(20)24(28)31)15-6-3-2-4-7-15/h2-12,20-22H,1H3. The monoisotopic (exact) mass is 486 g/mol. The molecule has 2 heterocycles. The Morgan fingerprint density at radius 3 is 2.31 bits per heavy atom. The molecular formula is C24H17Cl3N2O3. The molecule has 3 aromatic carbocycles. The number of nitrogens with zero attached hydrogens (tertiary/aromatic N) is 2. The number of carbonyl (C=O) groups is 2. The zero-order valence-electron chi connectivity index (χ0n) is 16.8. The zero-order chi connectivity index (χ0) is 22.6. The van der Waals surface area contributed by atoms with Gasteiger partial charge in [0.2, 0.25) is 5.91 Å². The molecule has 3 atom stereocenters. The molecule has 162 valence electrons. The first kappa shape index (κ1) is 21.3. The number of halogens is 3. The molecule has 0 aromatic heterocycles. The fraction of sp³-hybridized carbons (Fsp3) is 0.167. The van der Waals surface area contributed by atoms with Crippen LogP contribution in [0.4, 0.5) is 11.4 Å². The van der Waals surface area contributed by atoms with Crippen molar-refractivity contribution in [2.75, 3.05) is 9.96 Å². The van der Waals surface area contributed by atoms with Crippen LogP contribution in [0.15, 0.2) is 66.7 Å². The molecule has 0 saturated carbocycles. The van der Waals surface area contributed by atoms with Crippen molar-refractivity contribution in [3.63, 3.8) is 0 Å². The normalized spacial score (nSPS) is 22.6. The van der Waals surface area contributed by atoms with Crippen molar-refractivity contribution in [3.8, 4) is 0 Å². The molecule has 2 saturated heterocycles. The number of hydrogen-bond donors (Lipinski definition) is 0. The number of hydroxylamine groups is 1. The molecule has 0 bridgehead atoms. The summed E-state index contributed by atoms with van der Waals surface area (Å²) in [6.07, 6.45) is -0.988. The Morgan fingerprint density at radius 1 is 0.844 bits per heavy atom. The Kier molecular flexibility index (Phi) is 5.38. The lowest BCUT2D eigenvalue weighted by Gasteiger charge is -2.29. The van der Waals surface area contributed by atoms with Gasteiger partial charge < -0.3 is 0 Å². The van der Waals surface area contributed by atoms with Gasteiger partial charge in [-0.2, -0.15) is 0 Å². The second-order valence-electron chi connectivity index (χ2n) is 7.72. The predicted octanol–water partition coefficient (Wildman–Crippen LogP) is 6.01. The topological polar surface area (TPSA) is 49.9 Å². The molecule has 32 heavy (non-hydrogen) atoms. The average molecular weight is 488 g/mol. The van der Waals surface area contributed by atoms with Crippen molar-refractivity contribution in [2.24, 2.45) is 5.92 Å². The molecule has 2 aliphatic heterocycles. The second-order valence-corrected chi connectivity index (χ2v) is 8.97. The number of imide groups is 1. The highest BCUT2D eigenvalue weighted by atomic mass is 35.5. The maximum Gasteiger partial charge on any atom is 0.266 e. The predicted molar refractivity (Wildman–Crippen MR) is 125 cm³/mol. The van der Waals surface area contributed by atoms with Crippen LogP contribution in [0.1, 0.15) is 17.2 Å². The van der Waals surface area contributed by atoms with Gasteiger partial charge in [0.25, 0.3) is 5.91 Å². The Hall–Kier alpha value is -2.57. The van der Waals surface area contributed by atoms with Crippen LogP contribution in [0, 0.1) is 12.8 Å². The number of anilines is 2. The van der Waals surface area contributed by atoms with Gasteiger partial charge in [0.1, 0.15) is 5.92 Å². The van der Waals surface area contributed by atoms with Gasteiger partial charge in [0.15, 0.2) is 6.10 Å². The molecule has 3 aromatic rings. The van der Waals surface area contributed by atoms with Gasteiger partial charge in [-0.1, -0.05) is 65.1 Å². The van der Waals surface area contributed by atoms with Gasteiger partial charge >= 0.3 is 0 Å². The minimum Gasteiger partial charge on any atom is -0.273 e. The lowest BCUT2D eigenvalue weighted by atomic mass is 9.90. The van der Waals surface area contributed by atoms with Crippen LogP contribution in [0.5, 0.6) is 0 Å². The zero-order valence-corrected chi connectivity index (χ0v) is 19.1. The van der Waals surface area contributed by atoms with Crippen molar-refractivity contribution in [3.05, 3.63) is 92.9 Å². The minimum absolute atomic E-state index is 0.361. The third kappa shape index (κ3) is 3.28. The van der Waals surface area contributed by atoms with Crippen LogP contribution in [0.25, 0.3) is 0 Å². The van der Waals surface area contributed by atoms with E-state index >= 15 is 0 Å². The fourth-order valence-corrected chi connectivity index (χ4v) is 5.04. The van der Waals surface area contributed by atoms with Crippen molar-refractivity contribution >= 4 is 58.0 Å². The van der Waals surface area contributed by atoms with Crippen LogP contribution < -0.4 is 9.96 Å². The summed E-state index contributed by atoms with van der Waals surface area (Å²) in [6.45, 7) is 1.77. The van der Waals surface area contributed by atoms with Crippen molar-refractivity contribution in [2.45, 2.75) is 19.1 Å². The Balaban J connectivity index is 1.63. The number of benzene rings is 3. The Labute approximate surface area is 200 Å². The first-order valence-corrected chi connectivity index (χ1v) is 11.1. The molecule has 8 heteroatoms. The van der Waals surface area contributed by atoms with E-state index in [1.54, 1.807) is 48.4 Å².